The molecule has 0 saturated heterocycles. The van der Waals surface area contributed by atoms with E-state index < -0.39 is 5.97 Å². The Labute approximate surface area is 64.3 Å². The molecule has 0 N–H and O–H groups in total. The number of esters is 1. The molecule has 0 spiro atoms. The molecule has 0 bridgehead atoms. The molecule has 10 heavy (non-hydrogen) atoms. The highest BCUT2D eigenvalue weighted by molar-refractivity contribution is 6.18. The van der Waals surface area contributed by atoms with Crippen molar-refractivity contribution in [2.75, 3.05) is 12.5 Å². The molecule has 0 aliphatic heterocycles. The summed E-state index contributed by atoms with van der Waals surface area (Å²) in [5, 5.41) is 0. The van der Waals surface area contributed by atoms with Gasteiger partial charge >= 0.3 is 5.97 Å². The Morgan fingerprint density at radius 2 is 2.10 bits per heavy atom. The van der Waals surface area contributed by atoms with Gasteiger partial charge in [0.05, 0.1) is 5.88 Å². The first kappa shape index (κ1) is 9.43. The molecule has 0 aliphatic carbocycles. The Morgan fingerprint density at radius 3 is 2.50 bits per heavy atom. The summed E-state index contributed by atoms with van der Waals surface area (Å²) in [6.45, 7) is 1.51. The summed E-state index contributed by atoms with van der Waals surface area (Å²) >= 11 is 5.22. The van der Waals surface area contributed by atoms with Crippen LogP contribution < -0.4 is 0 Å². The summed E-state index contributed by atoms with van der Waals surface area (Å²) in [5.41, 5.74) is 0. The van der Waals surface area contributed by atoms with Crippen LogP contribution in [-0.4, -0.2) is 24.2 Å². The zero-order valence-electron chi connectivity index (χ0n) is 5.72. The van der Waals surface area contributed by atoms with Gasteiger partial charge < -0.3 is 4.74 Å². The third kappa shape index (κ3) is 5.56. The lowest BCUT2D eigenvalue weighted by Crippen LogP contribution is -2.10. The Kier molecular flexibility index (Phi) is 4.94. The Balaban J connectivity index is 3.35. The zero-order valence-corrected chi connectivity index (χ0v) is 6.48. The smallest absolute Gasteiger partial charge is 0.313 e. The number of halogens is 1. The number of ketones is 1. The van der Waals surface area contributed by atoms with E-state index in [9.17, 15) is 9.59 Å². The van der Waals surface area contributed by atoms with Crippen LogP contribution in [0.5, 0.6) is 0 Å². The van der Waals surface area contributed by atoms with Gasteiger partial charge in [0.15, 0.2) is 0 Å². The molecule has 0 rings (SSSR count). The summed E-state index contributed by atoms with van der Waals surface area (Å²) in [6, 6.07) is 0. The molecule has 0 aliphatic rings. The Morgan fingerprint density at radius 1 is 1.50 bits per heavy atom. The molecule has 0 amide bonds. The van der Waals surface area contributed by atoms with E-state index in [1.807, 2.05) is 0 Å². The van der Waals surface area contributed by atoms with Crippen LogP contribution >= 0.6 is 11.6 Å². The van der Waals surface area contributed by atoms with E-state index in [0.717, 1.165) is 0 Å². The molecule has 3 nitrogen and oxygen atoms in total. The third-order valence-electron chi connectivity index (χ3n) is 0.733. The summed E-state index contributed by atoms with van der Waals surface area (Å²) in [6.07, 6.45) is -0.156. The standard InChI is InChI=1S/C6H9ClO3/c1-5(8)4-6(9)10-3-2-7/h2-4H2,1H3. The highest BCUT2D eigenvalue weighted by atomic mass is 35.5. The van der Waals surface area contributed by atoms with Crippen LogP contribution in [-0.2, 0) is 14.3 Å². The molecule has 0 unspecified atom stereocenters. The van der Waals surface area contributed by atoms with E-state index in [1.54, 1.807) is 0 Å². The number of ether oxygens (including phenoxy) is 1. The second kappa shape index (κ2) is 5.23. The fourth-order valence-corrected chi connectivity index (χ4v) is 0.484. The normalized spacial score (nSPS) is 9.00. The van der Waals surface area contributed by atoms with Crippen molar-refractivity contribution in [1.29, 1.82) is 0 Å². The van der Waals surface area contributed by atoms with E-state index in [-0.39, 0.29) is 24.7 Å². The molecule has 0 aromatic rings. The molecule has 0 saturated carbocycles. The minimum atomic E-state index is -0.506. The fraction of sp³-hybridized carbons (Fsp3) is 0.667. The lowest BCUT2D eigenvalue weighted by Gasteiger charge is -1.98. The second-order valence-electron chi connectivity index (χ2n) is 1.79. The van der Waals surface area contributed by atoms with Crippen molar-refractivity contribution in [1.82, 2.24) is 0 Å². The topological polar surface area (TPSA) is 43.4 Å². The van der Waals surface area contributed by atoms with Crippen LogP contribution in [0.25, 0.3) is 0 Å². The maximum atomic E-state index is 10.5. The molecular weight excluding hydrogens is 156 g/mol. The molecule has 0 aromatic carbocycles. The highest BCUT2D eigenvalue weighted by Crippen LogP contribution is 1.88. The lowest BCUT2D eigenvalue weighted by atomic mass is 10.3. The maximum absolute atomic E-state index is 10.5. The molecule has 0 radical (unpaired) electrons. The predicted octanol–water partition coefficient (Wildman–Crippen LogP) is 0.748. The summed E-state index contributed by atoms with van der Waals surface area (Å²) in [7, 11) is 0. The minimum Gasteiger partial charge on any atom is -0.464 e. The number of alkyl halides is 1. The van der Waals surface area contributed by atoms with E-state index in [0.29, 0.717) is 0 Å². The summed E-state index contributed by atoms with van der Waals surface area (Å²) < 4.78 is 4.51. The first-order valence-electron chi connectivity index (χ1n) is 2.88. The van der Waals surface area contributed by atoms with Crippen molar-refractivity contribution < 1.29 is 14.3 Å². The Bertz CT molecular complexity index is 133. The van der Waals surface area contributed by atoms with E-state index in [2.05, 4.69) is 4.74 Å². The van der Waals surface area contributed by atoms with Crippen molar-refractivity contribution in [3.05, 3.63) is 0 Å². The largest absolute Gasteiger partial charge is 0.464 e. The average Bonchev–Trinajstić information content (AvgIpc) is 1.82. The van der Waals surface area contributed by atoms with Crippen LogP contribution in [0.4, 0.5) is 0 Å². The summed E-state index contributed by atoms with van der Waals surface area (Å²) in [4.78, 5) is 20.8. The molecule has 4 heteroatoms. The molecule has 0 heterocycles. The van der Waals surface area contributed by atoms with Crippen LogP contribution in [0, 0.1) is 0 Å². The van der Waals surface area contributed by atoms with Crippen LogP contribution in [0.1, 0.15) is 13.3 Å². The molecule has 0 atom stereocenters. The molecule has 0 fully saturated rings. The predicted molar refractivity (Wildman–Crippen MR) is 37.0 cm³/mol. The first-order chi connectivity index (χ1) is 4.66. The minimum absolute atomic E-state index is 0.156. The fourth-order valence-electron chi connectivity index (χ4n) is 0.407. The molecular formula is C6H9ClO3. The van der Waals surface area contributed by atoms with Gasteiger partial charge in [0.2, 0.25) is 0 Å². The quantitative estimate of drug-likeness (QED) is 0.350. The van der Waals surface area contributed by atoms with Crippen molar-refractivity contribution in [2.24, 2.45) is 0 Å². The molecule has 58 valence electrons. The number of carbonyl (C=O) groups excluding carboxylic acids is 2. The zero-order chi connectivity index (χ0) is 7.98. The highest BCUT2D eigenvalue weighted by Gasteiger charge is 2.04. The van der Waals surface area contributed by atoms with Gasteiger partial charge in [0, 0.05) is 0 Å². The average molecular weight is 165 g/mol. The van der Waals surface area contributed by atoms with Gasteiger partial charge in [-0.25, -0.2) is 0 Å². The maximum Gasteiger partial charge on any atom is 0.313 e. The van der Waals surface area contributed by atoms with Crippen LogP contribution in [0.2, 0.25) is 0 Å². The second-order valence-corrected chi connectivity index (χ2v) is 2.17. The number of hydrogen-bond acceptors (Lipinski definition) is 3. The molecule has 0 aromatic heterocycles. The number of Topliss-reactive ketones (excluding diaryl/α,β-unsaturated/α-hetero) is 1. The van der Waals surface area contributed by atoms with Crippen molar-refractivity contribution in [2.45, 2.75) is 13.3 Å². The summed E-state index contributed by atoms with van der Waals surface area (Å²) in [5.74, 6) is -0.434. The number of rotatable bonds is 4. The van der Waals surface area contributed by atoms with Gasteiger partial charge in [-0.05, 0) is 6.92 Å². The van der Waals surface area contributed by atoms with E-state index >= 15 is 0 Å². The van der Waals surface area contributed by atoms with Crippen molar-refractivity contribution in [3.8, 4) is 0 Å². The van der Waals surface area contributed by atoms with E-state index in [4.69, 9.17) is 11.6 Å². The van der Waals surface area contributed by atoms with Gasteiger partial charge in [0.25, 0.3) is 0 Å². The Hall–Kier alpha value is -0.570. The number of carbonyl (C=O) groups is 2. The number of hydrogen-bond donors (Lipinski definition) is 0. The van der Waals surface area contributed by atoms with Gasteiger partial charge in [-0.15, -0.1) is 11.6 Å². The van der Waals surface area contributed by atoms with Gasteiger partial charge in [0.1, 0.15) is 18.8 Å². The van der Waals surface area contributed by atoms with E-state index in [1.165, 1.54) is 6.92 Å². The van der Waals surface area contributed by atoms with Gasteiger partial charge in [-0.3, -0.25) is 9.59 Å². The monoisotopic (exact) mass is 164 g/mol. The van der Waals surface area contributed by atoms with Crippen LogP contribution in [0.15, 0.2) is 0 Å². The van der Waals surface area contributed by atoms with Crippen LogP contribution in [0.3, 0.4) is 0 Å². The lowest BCUT2D eigenvalue weighted by molar-refractivity contribution is -0.145. The van der Waals surface area contributed by atoms with Gasteiger partial charge in [-0.1, -0.05) is 0 Å². The van der Waals surface area contributed by atoms with Gasteiger partial charge in [-0.2, -0.15) is 0 Å². The third-order valence-corrected chi connectivity index (χ3v) is 0.888. The first-order valence-corrected chi connectivity index (χ1v) is 3.41. The SMILES string of the molecule is CC(=O)CC(=O)OCCCl. The van der Waals surface area contributed by atoms with Crippen molar-refractivity contribution >= 4 is 23.4 Å². The van der Waals surface area contributed by atoms with Crippen molar-refractivity contribution in [3.63, 3.8) is 0 Å².